The van der Waals surface area contributed by atoms with Crippen LogP contribution in [0.1, 0.15) is 0 Å². The highest BCUT2D eigenvalue weighted by atomic mass is 15.0. The first-order chi connectivity index (χ1) is 13.9. The van der Waals surface area contributed by atoms with Crippen LogP contribution in [0.4, 0.5) is 0 Å². The van der Waals surface area contributed by atoms with E-state index in [-0.39, 0.29) is 0 Å². The van der Waals surface area contributed by atoms with Crippen molar-refractivity contribution in [2.75, 3.05) is 0 Å². The smallest absolute Gasteiger partial charge is 0.163 e. The summed E-state index contributed by atoms with van der Waals surface area (Å²) in [5.41, 5.74) is 6.81. The first-order valence-corrected chi connectivity index (χ1v) is 8.85. The second-order valence-electron chi connectivity index (χ2n) is 6.57. The molecule has 5 aromatic rings. The van der Waals surface area contributed by atoms with Gasteiger partial charge in [0.15, 0.2) is 11.6 Å². The quantitative estimate of drug-likeness (QED) is 0.461. The Balaban J connectivity index is 1.61. The maximum absolute atomic E-state index is 4.34. The summed E-state index contributed by atoms with van der Waals surface area (Å²) in [6, 6.07) is 17.0. The van der Waals surface area contributed by atoms with Crippen molar-refractivity contribution < 1.29 is 0 Å². The van der Waals surface area contributed by atoms with E-state index in [9.17, 15) is 0 Å². The molecule has 0 unspecified atom stereocenters. The SMILES string of the molecule is c1cc2c3c(ccc(-c4ncncn4)c3c1)-c1ccc(-c3ncncn3)cc1-2. The largest absolute Gasteiger partial charge is 0.225 e. The van der Waals surface area contributed by atoms with Gasteiger partial charge in [-0.25, -0.2) is 29.9 Å². The van der Waals surface area contributed by atoms with E-state index in [1.54, 1.807) is 0 Å². The molecule has 6 nitrogen and oxygen atoms in total. The molecule has 0 saturated heterocycles. The predicted molar refractivity (Wildman–Crippen MR) is 106 cm³/mol. The minimum Gasteiger partial charge on any atom is -0.225 e. The molecule has 1 aliphatic carbocycles. The van der Waals surface area contributed by atoms with Crippen LogP contribution in [0.15, 0.2) is 73.8 Å². The van der Waals surface area contributed by atoms with Gasteiger partial charge in [-0.05, 0) is 45.2 Å². The highest BCUT2D eigenvalue weighted by Gasteiger charge is 2.23. The van der Waals surface area contributed by atoms with Crippen molar-refractivity contribution in [1.82, 2.24) is 29.9 Å². The fraction of sp³-hybridized carbons (Fsp3) is 0. The number of rotatable bonds is 2. The fourth-order valence-corrected chi connectivity index (χ4v) is 3.96. The number of fused-ring (bicyclic) bond motifs is 3. The Morgan fingerprint density at radius 1 is 0.500 bits per heavy atom. The van der Waals surface area contributed by atoms with Crippen molar-refractivity contribution >= 4 is 10.8 Å². The molecule has 6 rings (SSSR count). The maximum Gasteiger partial charge on any atom is 0.163 e. The Morgan fingerprint density at radius 3 is 1.93 bits per heavy atom. The van der Waals surface area contributed by atoms with Gasteiger partial charge in [0.05, 0.1) is 0 Å². The molecule has 0 spiro atoms. The Hall–Kier alpha value is -4.06. The van der Waals surface area contributed by atoms with E-state index in [2.05, 4.69) is 78.4 Å². The molecule has 130 valence electrons. The summed E-state index contributed by atoms with van der Waals surface area (Å²) >= 11 is 0. The van der Waals surface area contributed by atoms with Gasteiger partial charge < -0.3 is 0 Å². The third kappa shape index (κ3) is 2.08. The zero-order valence-electron chi connectivity index (χ0n) is 14.6. The van der Waals surface area contributed by atoms with E-state index in [1.165, 1.54) is 52.9 Å². The van der Waals surface area contributed by atoms with E-state index in [0.29, 0.717) is 11.6 Å². The number of aromatic nitrogens is 6. The molecule has 6 heteroatoms. The molecule has 0 saturated carbocycles. The van der Waals surface area contributed by atoms with Gasteiger partial charge in [0.2, 0.25) is 0 Å². The lowest BCUT2D eigenvalue weighted by Gasteiger charge is -2.07. The summed E-state index contributed by atoms with van der Waals surface area (Å²) in [5.74, 6) is 1.35. The highest BCUT2D eigenvalue weighted by Crippen LogP contribution is 2.49. The second kappa shape index (κ2) is 5.72. The van der Waals surface area contributed by atoms with Gasteiger partial charge in [-0.2, -0.15) is 0 Å². The standard InChI is InChI=1S/C22H12N6/c1-2-15-18(22-27-11-24-12-28-22)7-6-17-14-5-4-13(21-25-9-23-10-26-21)8-19(14)16(3-1)20(15)17/h1-12H. The molecule has 0 atom stereocenters. The molecule has 28 heavy (non-hydrogen) atoms. The van der Waals surface area contributed by atoms with Crippen molar-refractivity contribution in [2.45, 2.75) is 0 Å². The van der Waals surface area contributed by atoms with Gasteiger partial charge in [-0.3, -0.25) is 0 Å². The maximum atomic E-state index is 4.34. The molecular weight excluding hydrogens is 348 g/mol. The average Bonchev–Trinajstić information content (AvgIpc) is 3.10. The van der Waals surface area contributed by atoms with Crippen LogP contribution in [-0.4, -0.2) is 29.9 Å². The first-order valence-electron chi connectivity index (χ1n) is 8.85. The van der Waals surface area contributed by atoms with Crippen LogP contribution in [0.25, 0.3) is 55.8 Å². The Morgan fingerprint density at radius 2 is 1.14 bits per heavy atom. The Kier molecular flexibility index (Phi) is 3.07. The molecule has 0 radical (unpaired) electrons. The van der Waals surface area contributed by atoms with Crippen molar-refractivity contribution in [3.05, 3.63) is 73.8 Å². The lowest BCUT2D eigenvalue weighted by molar-refractivity contribution is 1.06. The van der Waals surface area contributed by atoms with E-state index < -0.39 is 0 Å². The monoisotopic (exact) mass is 360 g/mol. The van der Waals surface area contributed by atoms with Gasteiger partial charge >= 0.3 is 0 Å². The van der Waals surface area contributed by atoms with Gasteiger partial charge in [-0.1, -0.05) is 36.4 Å². The third-order valence-corrected chi connectivity index (χ3v) is 5.13. The van der Waals surface area contributed by atoms with Crippen LogP contribution in [0.3, 0.4) is 0 Å². The Labute approximate surface area is 160 Å². The van der Waals surface area contributed by atoms with E-state index in [0.717, 1.165) is 16.5 Å². The molecule has 1 aliphatic rings. The molecule has 0 amide bonds. The lowest BCUT2D eigenvalue weighted by Crippen LogP contribution is -1.90. The average molecular weight is 360 g/mol. The Bertz CT molecular complexity index is 1350. The van der Waals surface area contributed by atoms with Gasteiger partial charge in [0.25, 0.3) is 0 Å². The molecular formula is C22H12N6. The number of hydrogen-bond acceptors (Lipinski definition) is 6. The lowest BCUT2D eigenvalue weighted by atomic mass is 9.98. The van der Waals surface area contributed by atoms with Crippen LogP contribution < -0.4 is 0 Å². The summed E-state index contributed by atoms with van der Waals surface area (Å²) < 4.78 is 0. The van der Waals surface area contributed by atoms with Crippen molar-refractivity contribution in [3.63, 3.8) is 0 Å². The topological polar surface area (TPSA) is 77.3 Å². The minimum atomic E-state index is 0.673. The first kappa shape index (κ1) is 15.0. The van der Waals surface area contributed by atoms with Crippen LogP contribution in [-0.2, 0) is 0 Å². The van der Waals surface area contributed by atoms with E-state index in [4.69, 9.17) is 0 Å². The third-order valence-electron chi connectivity index (χ3n) is 5.13. The molecule has 0 aliphatic heterocycles. The summed E-state index contributed by atoms with van der Waals surface area (Å²) in [6.45, 7) is 0. The zero-order chi connectivity index (χ0) is 18.5. The molecule has 2 aromatic heterocycles. The number of hydrogen-bond donors (Lipinski definition) is 0. The fourth-order valence-electron chi connectivity index (χ4n) is 3.96. The second-order valence-corrected chi connectivity index (χ2v) is 6.57. The number of benzene rings is 3. The van der Waals surface area contributed by atoms with E-state index in [1.807, 2.05) is 0 Å². The van der Waals surface area contributed by atoms with Gasteiger partial charge in [0.1, 0.15) is 25.3 Å². The molecule has 0 fully saturated rings. The molecule has 3 aromatic carbocycles. The summed E-state index contributed by atoms with van der Waals surface area (Å²) in [5, 5.41) is 2.36. The molecule has 0 bridgehead atoms. The zero-order valence-corrected chi connectivity index (χ0v) is 14.6. The van der Waals surface area contributed by atoms with Crippen molar-refractivity contribution in [2.24, 2.45) is 0 Å². The van der Waals surface area contributed by atoms with Crippen LogP contribution in [0, 0.1) is 0 Å². The number of nitrogens with zero attached hydrogens (tertiary/aromatic N) is 6. The van der Waals surface area contributed by atoms with Crippen LogP contribution >= 0.6 is 0 Å². The van der Waals surface area contributed by atoms with Crippen LogP contribution in [0.5, 0.6) is 0 Å². The van der Waals surface area contributed by atoms with Gasteiger partial charge in [0, 0.05) is 11.1 Å². The normalized spacial score (nSPS) is 11.6. The molecule has 0 N–H and O–H groups in total. The summed E-state index contributed by atoms with van der Waals surface area (Å²) in [7, 11) is 0. The van der Waals surface area contributed by atoms with Crippen molar-refractivity contribution in [1.29, 1.82) is 0 Å². The van der Waals surface area contributed by atoms with Gasteiger partial charge in [-0.15, -0.1) is 0 Å². The van der Waals surface area contributed by atoms with E-state index >= 15 is 0 Å². The minimum absolute atomic E-state index is 0.673. The summed E-state index contributed by atoms with van der Waals surface area (Å²) in [4.78, 5) is 25.1. The van der Waals surface area contributed by atoms with Crippen LogP contribution in [0.2, 0.25) is 0 Å². The summed E-state index contributed by atoms with van der Waals surface area (Å²) in [6.07, 6.45) is 6.10. The molecule has 2 heterocycles. The highest BCUT2D eigenvalue weighted by molar-refractivity contribution is 6.18. The van der Waals surface area contributed by atoms with Crippen molar-refractivity contribution in [3.8, 4) is 45.0 Å². The predicted octanol–water partition coefficient (Wildman–Crippen LogP) is 4.19.